The van der Waals surface area contributed by atoms with Gasteiger partial charge in [-0.15, -0.1) is 0 Å². The molecule has 0 heterocycles. The van der Waals surface area contributed by atoms with Crippen LogP contribution in [0.4, 0.5) is 0 Å². The first-order valence-corrected chi connectivity index (χ1v) is 4.92. The highest BCUT2D eigenvalue weighted by molar-refractivity contribution is 5.52. The first-order valence-electron chi connectivity index (χ1n) is 4.92. The molecule has 0 aromatic rings. The van der Waals surface area contributed by atoms with Gasteiger partial charge in [-0.2, -0.15) is 0 Å². The summed E-state index contributed by atoms with van der Waals surface area (Å²) < 4.78 is 0. The van der Waals surface area contributed by atoms with Gasteiger partial charge in [0.1, 0.15) is 0 Å². The molecule has 0 radical (unpaired) electrons. The van der Waals surface area contributed by atoms with E-state index in [1.807, 2.05) is 0 Å². The molecular formula is C13H16. The molecule has 0 spiro atoms. The van der Waals surface area contributed by atoms with Crippen LogP contribution in [0.5, 0.6) is 0 Å². The Morgan fingerprint density at radius 2 is 1.85 bits per heavy atom. The first-order chi connectivity index (χ1) is 6.18. The second-order valence-corrected chi connectivity index (χ2v) is 4.08. The maximum atomic E-state index is 2.35. The van der Waals surface area contributed by atoms with E-state index < -0.39 is 0 Å². The molecule has 0 fully saturated rings. The fourth-order valence-corrected chi connectivity index (χ4v) is 2.05. The zero-order chi connectivity index (χ0) is 9.42. The lowest BCUT2D eigenvalue weighted by Crippen LogP contribution is -1.86. The van der Waals surface area contributed by atoms with Crippen molar-refractivity contribution in [2.75, 3.05) is 0 Å². The normalized spacial score (nSPS) is 21.9. The maximum absolute atomic E-state index is 2.35. The monoisotopic (exact) mass is 172 g/mol. The molecule has 0 amide bonds. The van der Waals surface area contributed by atoms with Crippen LogP contribution in [0.25, 0.3) is 0 Å². The summed E-state index contributed by atoms with van der Waals surface area (Å²) in [5.74, 6) is 0. The molecule has 0 bridgehead atoms. The number of rotatable bonds is 1. The average molecular weight is 172 g/mol. The van der Waals surface area contributed by atoms with Crippen LogP contribution in [0.15, 0.2) is 46.1 Å². The Morgan fingerprint density at radius 1 is 1.08 bits per heavy atom. The van der Waals surface area contributed by atoms with Crippen molar-refractivity contribution in [2.24, 2.45) is 0 Å². The van der Waals surface area contributed by atoms with E-state index in [9.17, 15) is 0 Å². The highest BCUT2D eigenvalue weighted by Gasteiger charge is 2.15. The van der Waals surface area contributed by atoms with E-state index in [1.54, 1.807) is 5.57 Å². The van der Waals surface area contributed by atoms with Gasteiger partial charge in [-0.3, -0.25) is 0 Å². The maximum Gasteiger partial charge on any atom is -0.00611 e. The van der Waals surface area contributed by atoms with Gasteiger partial charge in [0.25, 0.3) is 0 Å². The molecule has 68 valence electrons. The van der Waals surface area contributed by atoms with Crippen molar-refractivity contribution < 1.29 is 0 Å². The van der Waals surface area contributed by atoms with Crippen LogP contribution in [0, 0.1) is 0 Å². The van der Waals surface area contributed by atoms with Crippen LogP contribution in [-0.2, 0) is 0 Å². The van der Waals surface area contributed by atoms with Crippen LogP contribution in [0.1, 0.15) is 33.6 Å². The van der Waals surface area contributed by atoms with Gasteiger partial charge >= 0.3 is 0 Å². The molecule has 0 saturated carbocycles. The number of allylic oxidation sites excluding steroid dienone is 8. The lowest BCUT2D eigenvalue weighted by atomic mass is 10.00. The SMILES string of the molecule is CC1=C(C)CC(C2=C(C)C=CC2)=C1. The molecule has 0 saturated heterocycles. The highest BCUT2D eigenvalue weighted by atomic mass is 14.2. The highest BCUT2D eigenvalue weighted by Crippen LogP contribution is 2.35. The predicted molar refractivity (Wildman–Crippen MR) is 57.5 cm³/mol. The fraction of sp³-hybridized carbons (Fsp3) is 0.385. The third-order valence-electron chi connectivity index (χ3n) is 3.07. The number of hydrogen-bond donors (Lipinski definition) is 0. The van der Waals surface area contributed by atoms with Crippen LogP contribution < -0.4 is 0 Å². The smallest absolute Gasteiger partial charge is 0.00611 e. The Hall–Kier alpha value is -1.04. The molecular weight excluding hydrogens is 156 g/mol. The minimum Gasteiger partial charge on any atom is -0.0798 e. The summed E-state index contributed by atoms with van der Waals surface area (Å²) in [5.41, 5.74) is 7.53. The Balaban J connectivity index is 2.25. The standard InChI is InChI=1S/C13H16/c1-9-5-4-6-13(9)12-7-10(2)11(3)8-12/h4-5,7H,6,8H2,1-3H3. The van der Waals surface area contributed by atoms with E-state index >= 15 is 0 Å². The Bertz CT molecular complexity index is 359. The van der Waals surface area contributed by atoms with Crippen LogP contribution >= 0.6 is 0 Å². The predicted octanol–water partition coefficient (Wildman–Crippen LogP) is 3.93. The summed E-state index contributed by atoms with van der Waals surface area (Å²) in [6, 6.07) is 0. The molecule has 0 aliphatic heterocycles. The van der Waals surface area contributed by atoms with Crippen molar-refractivity contribution in [1.82, 2.24) is 0 Å². The topological polar surface area (TPSA) is 0 Å². The van der Waals surface area contributed by atoms with Crippen LogP contribution in [0.2, 0.25) is 0 Å². The number of hydrogen-bond acceptors (Lipinski definition) is 0. The van der Waals surface area contributed by atoms with E-state index in [2.05, 4.69) is 39.0 Å². The Labute approximate surface area is 80.3 Å². The molecule has 2 rings (SSSR count). The second-order valence-electron chi connectivity index (χ2n) is 4.08. The lowest BCUT2D eigenvalue weighted by molar-refractivity contribution is 1.10. The van der Waals surface area contributed by atoms with E-state index in [4.69, 9.17) is 0 Å². The van der Waals surface area contributed by atoms with Gasteiger partial charge in [0, 0.05) is 0 Å². The molecule has 0 nitrogen and oxygen atoms in total. The minimum atomic E-state index is 1.14. The van der Waals surface area contributed by atoms with Crippen LogP contribution in [-0.4, -0.2) is 0 Å². The fourth-order valence-electron chi connectivity index (χ4n) is 2.05. The van der Waals surface area contributed by atoms with Crippen LogP contribution in [0.3, 0.4) is 0 Å². The largest absolute Gasteiger partial charge is 0.0798 e. The Morgan fingerprint density at radius 3 is 2.31 bits per heavy atom. The third kappa shape index (κ3) is 1.41. The molecule has 0 heteroatoms. The van der Waals surface area contributed by atoms with E-state index in [1.165, 1.54) is 28.7 Å². The van der Waals surface area contributed by atoms with Crippen molar-refractivity contribution in [1.29, 1.82) is 0 Å². The van der Waals surface area contributed by atoms with E-state index in [0.717, 1.165) is 6.42 Å². The summed E-state index contributed by atoms with van der Waals surface area (Å²) in [6.45, 7) is 6.65. The molecule has 0 unspecified atom stereocenters. The van der Waals surface area contributed by atoms with Crippen molar-refractivity contribution in [2.45, 2.75) is 33.6 Å². The van der Waals surface area contributed by atoms with Gasteiger partial charge in [-0.25, -0.2) is 0 Å². The van der Waals surface area contributed by atoms with Gasteiger partial charge in [-0.05, 0) is 50.3 Å². The molecule has 0 N–H and O–H groups in total. The zero-order valence-electron chi connectivity index (χ0n) is 8.65. The average Bonchev–Trinajstić information content (AvgIpc) is 2.60. The molecule has 0 atom stereocenters. The van der Waals surface area contributed by atoms with Gasteiger partial charge in [0.2, 0.25) is 0 Å². The molecule has 2 aliphatic rings. The summed E-state index contributed by atoms with van der Waals surface area (Å²) >= 11 is 0. The second kappa shape index (κ2) is 3.02. The summed E-state index contributed by atoms with van der Waals surface area (Å²) in [4.78, 5) is 0. The van der Waals surface area contributed by atoms with Crippen molar-refractivity contribution in [3.63, 3.8) is 0 Å². The quantitative estimate of drug-likeness (QED) is 0.562. The van der Waals surface area contributed by atoms with Crippen molar-refractivity contribution in [3.8, 4) is 0 Å². The zero-order valence-corrected chi connectivity index (χ0v) is 8.65. The first kappa shape index (κ1) is 8.55. The summed E-state index contributed by atoms with van der Waals surface area (Å²) in [5, 5.41) is 0. The van der Waals surface area contributed by atoms with Gasteiger partial charge < -0.3 is 0 Å². The third-order valence-corrected chi connectivity index (χ3v) is 3.07. The lowest BCUT2D eigenvalue weighted by Gasteiger charge is -2.05. The summed E-state index contributed by atoms with van der Waals surface area (Å²) in [7, 11) is 0. The van der Waals surface area contributed by atoms with Crippen molar-refractivity contribution in [3.05, 3.63) is 46.1 Å². The summed E-state index contributed by atoms with van der Waals surface area (Å²) in [6.07, 6.45) is 9.15. The van der Waals surface area contributed by atoms with Gasteiger partial charge in [-0.1, -0.05) is 29.4 Å². The van der Waals surface area contributed by atoms with Gasteiger partial charge in [0.15, 0.2) is 0 Å². The molecule has 13 heavy (non-hydrogen) atoms. The van der Waals surface area contributed by atoms with E-state index in [0.29, 0.717) is 0 Å². The minimum absolute atomic E-state index is 1.14. The van der Waals surface area contributed by atoms with Crippen molar-refractivity contribution >= 4 is 0 Å². The van der Waals surface area contributed by atoms with Gasteiger partial charge in [0.05, 0.1) is 0 Å². The Kier molecular flexibility index (Phi) is 1.99. The van der Waals surface area contributed by atoms with E-state index in [-0.39, 0.29) is 0 Å². The molecule has 0 aromatic carbocycles. The molecule has 0 aromatic heterocycles. The molecule has 2 aliphatic carbocycles.